The van der Waals surface area contributed by atoms with Crippen LogP contribution in [0.1, 0.15) is 23.9 Å². The second kappa shape index (κ2) is 4.98. The number of furan rings is 1. The summed E-state index contributed by atoms with van der Waals surface area (Å²) in [5.41, 5.74) is 0. The summed E-state index contributed by atoms with van der Waals surface area (Å²) in [6.45, 7) is 2.55. The third-order valence-electron chi connectivity index (χ3n) is 2.27. The Hall–Kier alpha value is -1.29. The molecule has 4 nitrogen and oxygen atoms in total. The molecule has 1 heterocycles. The van der Waals surface area contributed by atoms with E-state index in [1.165, 1.54) is 0 Å². The van der Waals surface area contributed by atoms with E-state index in [4.69, 9.17) is 9.52 Å². The van der Waals surface area contributed by atoms with E-state index in [0.29, 0.717) is 12.2 Å². The zero-order valence-electron chi connectivity index (χ0n) is 9.36. The van der Waals surface area contributed by atoms with Crippen molar-refractivity contribution in [2.24, 2.45) is 0 Å². The number of hydrogen-bond acceptors (Lipinski definition) is 3. The maximum absolute atomic E-state index is 11.0. The van der Waals surface area contributed by atoms with Crippen molar-refractivity contribution in [1.29, 1.82) is 0 Å². The maximum atomic E-state index is 11.0. The van der Waals surface area contributed by atoms with Crippen molar-refractivity contribution < 1.29 is 14.3 Å². The van der Waals surface area contributed by atoms with Crippen LogP contribution in [-0.4, -0.2) is 36.6 Å². The summed E-state index contributed by atoms with van der Waals surface area (Å²) in [5, 5.41) is 9.07. The van der Waals surface area contributed by atoms with Crippen LogP contribution in [0, 0.1) is 6.92 Å². The fourth-order valence-electron chi connectivity index (χ4n) is 1.42. The Kier molecular flexibility index (Phi) is 3.91. The van der Waals surface area contributed by atoms with E-state index in [1.807, 2.05) is 25.9 Å². The third kappa shape index (κ3) is 3.40. The number of carboxylic acid groups (broad SMARTS) is 1. The van der Waals surface area contributed by atoms with Gasteiger partial charge in [0.1, 0.15) is 17.4 Å². The molecule has 0 saturated carbocycles. The van der Waals surface area contributed by atoms with Gasteiger partial charge in [-0.3, -0.25) is 4.79 Å². The van der Waals surface area contributed by atoms with E-state index in [0.717, 1.165) is 12.3 Å². The van der Waals surface area contributed by atoms with Gasteiger partial charge in [-0.1, -0.05) is 0 Å². The minimum atomic E-state index is -0.828. The molecule has 1 atom stereocenters. The lowest BCUT2D eigenvalue weighted by atomic mass is 10.0. The highest BCUT2D eigenvalue weighted by molar-refractivity contribution is 5.75. The standard InChI is InChI=1S/C11H17NO3/c1-8-4-5-10(15-8)9(11(13)14)6-7-12(2)3/h4-5,9H,6-7H2,1-3H3,(H,13,14). The van der Waals surface area contributed by atoms with Gasteiger partial charge in [0.2, 0.25) is 0 Å². The number of hydrogen-bond donors (Lipinski definition) is 1. The number of rotatable bonds is 5. The second-order valence-electron chi connectivity index (χ2n) is 3.93. The van der Waals surface area contributed by atoms with Crippen LogP contribution in [0.25, 0.3) is 0 Å². The Morgan fingerprint density at radius 1 is 1.53 bits per heavy atom. The Balaban J connectivity index is 2.70. The zero-order chi connectivity index (χ0) is 11.4. The first kappa shape index (κ1) is 11.8. The molecule has 0 bridgehead atoms. The average Bonchev–Trinajstić information content (AvgIpc) is 2.51. The van der Waals surface area contributed by atoms with Crippen LogP contribution in [0.3, 0.4) is 0 Å². The van der Waals surface area contributed by atoms with E-state index in [-0.39, 0.29) is 0 Å². The topological polar surface area (TPSA) is 53.7 Å². The molecule has 0 radical (unpaired) electrons. The molecular weight excluding hydrogens is 194 g/mol. The lowest BCUT2D eigenvalue weighted by molar-refractivity contribution is -0.139. The van der Waals surface area contributed by atoms with Gasteiger partial charge < -0.3 is 14.4 Å². The molecule has 1 rings (SSSR count). The van der Waals surface area contributed by atoms with Gasteiger partial charge in [-0.05, 0) is 46.1 Å². The van der Waals surface area contributed by atoms with Crippen LogP contribution >= 0.6 is 0 Å². The number of carboxylic acids is 1. The predicted octanol–water partition coefficient (Wildman–Crippen LogP) is 1.71. The van der Waals surface area contributed by atoms with Crippen LogP contribution < -0.4 is 0 Å². The van der Waals surface area contributed by atoms with Crippen molar-refractivity contribution in [3.63, 3.8) is 0 Å². The summed E-state index contributed by atoms with van der Waals surface area (Å²) in [6, 6.07) is 3.53. The second-order valence-corrected chi connectivity index (χ2v) is 3.93. The highest BCUT2D eigenvalue weighted by Gasteiger charge is 2.22. The number of nitrogens with zero attached hydrogens (tertiary/aromatic N) is 1. The molecule has 0 aliphatic heterocycles. The van der Waals surface area contributed by atoms with Crippen molar-refractivity contribution in [3.05, 3.63) is 23.7 Å². The monoisotopic (exact) mass is 211 g/mol. The van der Waals surface area contributed by atoms with E-state index < -0.39 is 11.9 Å². The molecule has 1 aromatic rings. The molecule has 0 aliphatic carbocycles. The quantitative estimate of drug-likeness (QED) is 0.805. The summed E-state index contributed by atoms with van der Waals surface area (Å²) in [5.74, 6) is -0.0738. The fraction of sp³-hybridized carbons (Fsp3) is 0.545. The SMILES string of the molecule is Cc1ccc(C(CCN(C)C)C(=O)O)o1. The van der Waals surface area contributed by atoms with Gasteiger partial charge in [-0.2, -0.15) is 0 Å². The van der Waals surface area contributed by atoms with Crippen molar-refractivity contribution >= 4 is 5.97 Å². The Bertz CT molecular complexity index is 330. The van der Waals surface area contributed by atoms with Gasteiger partial charge in [0.25, 0.3) is 0 Å². The predicted molar refractivity (Wildman–Crippen MR) is 57.0 cm³/mol. The Morgan fingerprint density at radius 2 is 2.20 bits per heavy atom. The number of carbonyl (C=O) groups is 1. The lowest BCUT2D eigenvalue weighted by Gasteiger charge is -2.13. The molecule has 0 fully saturated rings. The molecule has 0 spiro atoms. The van der Waals surface area contributed by atoms with Crippen LogP contribution in [0.5, 0.6) is 0 Å². The first-order valence-corrected chi connectivity index (χ1v) is 4.94. The van der Waals surface area contributed by atoms with Gasteiger partial charge in [0.05, 0.1) is 0 Å². The van der Waals surface area contributed by atoms with E-state index >= 15 is 0 Å². The molecule has 0 amide bonds. The molecule has 1 unspecified atom stereocenters. The Labute approximate surface area is 89.5 Å². The minimum Gasteiger partial charge on any atom is -0.481 e. The Morgan fingerprint density at radius 3 is 2.60 bits per heavy atom. The summed E-state index contributed by atoms with van der Waals surface area (Å²) in [7, 11) is 3.85. The summed E-state index contributed by atoms with van der Waals surface area (Å²) < 4.78 is 5.34. The van der Waals surface area contributed by atoms with Gasteiger partial charge in [0, 0.05) is 0 Å². The lowest BCUT2D eigenvalue weighted by Crippen LogP contribution is -2.20. The first-order valence-electron chi connectivity index (χ1n) is 4.94. The number of aliphatic carboxylic acids is 1. The molecule has 1 aromatic heterocycles. The molecule has 4 heteroatoms. The highest BCUT2D eigenvalue weighted by Crippen LogP contribution is 2.22. The number of aryl methyl sites for hydroxylation is 1. The van der Waals surface area contributed by atoms with Crippen molar-refractivity contribution in [2.75, 3.05) is 20.6 Å². The van der Waals surface area contributed by atoms with Crippen LogP contribution in [0.4, 0.5) is 0 Å². The molecule has 0 aliphatic rings. The van der Waals surface area contributed by atoms with Crippen LogP contribution in [0.2, 0.25) is 0 Å². The average molecular weight is 211 g/mol. The van der Waals surface area contributed by atoms with Gasteiger partial charge in [0.15, 0.2) is 0 Å². The van der Waals surface area contributed by atoms with Crippen LogP contribution in [-0.2, 0) is 4.79 Å². The first-order chi connectivity index (χ1) is 7.00. The molecular formula is C11H17NO3. The zero-order valence-corrected chi connectivity index (χ0v) is 9.36. The van der Waals surface area contributed by atoms with Gasteiger partial charge in [-0.15, -0.1) is 0 Å². The summed E-state index contributed by atoms with van der Waals surface area (Å²) >= 11 is 0. The summed E-state index contributed by atoms with van der Waals surface area (Å²) in [4.78, 5) is 13.0. The third-order valence-corrected chi connectivity index (χ3v) is 2.27. The fourth-order valence-corrected chi connectivity index (χ4v) is 1.42. The molecule has 0 saturated heterocycles. The van der Waals surface area contributed by atoms with E-state index in [1.54, 1.807) is 12.1 Å². The molecule has 84 valence electrons. The van der Waals surface area contributed by atoms with Crippen LogP contribution in [0.15, 0.2) is 16.5 Å². The van der Waals surface area contributed by atoms with Crippen molar-refractivity contribution in [1.82, 2.24) is 4.90 Å². The molecule has 15 heavy (non-hydrogen) atoms. The minimum absolute atomic E-state index is 0.541. The van der Waals surface area contributed by atoms with Crippen molar-refractivity contribution in [2.45, 2.75) is 19.3 Å². The van der Waals surface area contributed by atoms with Gasteiger partial charge >= 0.3 is 5.97 Å². The highest BCUT2D eigenvalue weighted by atomic mass is 16.4. The smallest absolute Gasteiger partial charge is 0.314 e. The van der Waals surface area contributed by atoms with E-state index in [9.17, 15) is 4.79 Å². The normalized spacial score (nSPS) is 13.1. The van der Waals surface area contributed by atoms with Gasteiger partial charge in [-0.25, -0.2) is 0 Å². The molecule has 1 N–H and O–H groups in total. The van der Waals surface area contributed by atoms with Crippen molar-refractivity contribution in [3.8, 4) is 0 Å². The summed E-state index contributed by atoms with van der Waals surface area (Å²) in [6.07, 6.45) is 0.565. The molecule has 0 aromatic carbocycles. The largest absolute Gasteiger partial charge is 0.481 e. The van der Waals surface area contributed by atoms with E-state index in [2.05, 4.69) is 0 Å². The maximum Gasteiger partial charge on any atom is 0.314 e.